The first-order chi connectivity index (χ1) is 11.2. The van der Waals surface area contributed by atoms with E-state index in [1.807, 2.05) is 42.5 Å². The molecule has 1 fully saturated rings. The first-order valence-corrected chi connectivity index (χ1v) is 9.01. The van der Waals surface area contributed by atoms with Gasteiger partial charge >= 0.3 is 0 Å². The lowest BCUT2D eigenvalue weighted by molar-refractivity contribution is 0.0950. The van der Waals surface area contributed by atoms with Crippen molar-refractivity contribution >= 4 is 17.7 Å². The van der Waals surface area contributed by atoms with Crippen LogP contribution in [0.1, 0.15) is 28.8 Å². The van der Waals surface area contributed by atoms with Gasteiger partial charge in [-0.25, -0.2) is 0 Å². The zero-order valence-electron chi connectivity index (χ0n) is 13.1. The molecule has 0 spiro atoms. The maximum absolute atomic E-state index is 12.1. The summed E-state index contributed by atoms with van der Waals surface area (Å²) in [7, 11) is 0. The van der Waals surface area contributed by atoms with Crippen molar-refractivity contribution in [3.05, 3.63) is 65.7 Å². The van der Waals surface area contributed by atoms with Crippen molar-refractivity contribution in [2.24, 2.45) is 11.7 Å². The van der Waals surface area contributed by atoms with E-state index in [1.165, 1.54) is 23.3 Å². The van der Waals surface area contributed by atoms with Gasteiger partial charge in [0.1, 0.15) is 0 Å². The zero-order valence-corrected chi connectivity index (χ0v) is 13.9. The molecule has 120 valence electrons. The van der Waals surface area contributed by atoms with E-state index >= 15 is 0 Å². The quantitative estimate of drug-likeness (QED) is 0.766. The molecule has 1 atom stereocenters. The van der Waals surface area contributed by atoms with Crippen molar-refractivity contribution < 1.29 is 4.79 Å². The van der Waals surface area contributed by atoms with Gasteiger partial charge < -0.3 is 11.1 Å². The van der Waals surface area contributed by atoms with Gasteiger partial charge in [0.15, 0.2) is 0 Å². The predicted molar refractivity (Wildman–Crippen MR) is 95.5 cm³/mol. The molecule has 2 aromatic carbocycles. The van der Waals surface area contributed by atoms with Crippen LogP contribution in [0.15, 0.2) is 59.5 Å². The lowest BCUT2D eigenvalue weighted by Gasteiger charge is -2.11. The number of carbonyl (C=O) groups excluding carboxylic acids is 1. The molecule has 0 aliphatic heterocycles. The van der Waals surface area contributed by atoms with E-state index < -0.39 is 0 Å². The Bertz CT molecular complexity index is 638. The largest absolute Gasteiger partial charge is 0.350 e. The second kappa shape index (κ2) is 7.66. The molecular weight excluding hydrogens is 304 g/mol. The molecule has 0 radical (unpaired) electrons. The summed E-state index contributed by atoms with van der Waals surface area (Å²) in [5.41, 5.74) is 7.92. The maximum Gasteiger partial charge on any atom is 0.251 e. The van der Waals surface area contributed by atoms with Crippen molar-refractivity contribution in [2.45, 2.75) is 29.5 Å². The lowest BCUT2D eigenvalue weighted by atomic mass is 10.1. The standard InChI is InChI=1S/C19H22N2OS/c20-18(15-10-11-15)12-21-19(22)16-8-6-14(7-9-16)13-23-17-4-2-1-3-5-17/h1-9,15,18H,10-13,20H2,(H,21,22). The number of nitrogens with two attached hydrogens (primary N) is 1. The van der Waals surface area contributed by atoms with Crippen molar-refractivity contribution in [1.29, 1.82) is 0 Å². The summed E-state index contributed by atoms with van der Waals surface area (Å²) in [6.07, 6.45) is 2.40. The molecule has 4 heteroatoms. The third kappa shape index (κ3) is 4.85. The fourth-order valence-corrected chi connectivity index (χ4v) is 3.31. The predicted octanol–water partition coefficient (Wildman–Crippen LogP) is 3.45. The Morgan fingerprint density at radius 1 is 1.13 bits per heavy atom. The van der Waals surface area contributed by atoms with Crippen molar-refractivity contribution in [3.8, 4) is 0 Å². The first-order valence-electron chi connectivity index (χ1n) is 8.03. The van der Waals surface area contributed by atoms with Gasteiger partial charge in [-0.3, -0.25) is 4.79 Å². The minimum Gasteiger partial charge on any atom is -0.350 e. The second-order valence-corrected chi connectivity index (χ2v) is 7.06. The monoisotopic (exact) mass is 326 g/mol. The van der Waals surface area contributed by atoms with Crippen LogP contribution in [0, 0.1) is 5.92 Å². The number of thioether (sulfide) groups is 1. The lowest BCUT2D eigenvalue weighted by Crippen LogP contribution is -2.38. The highest BCUT2D eigenvalue weighted by Crippen LogP contribution is 2.31. The second-order valence-electron chi connectivity index (χ2n) is 6.01. The molecule has 2 aromatic rings. The van der Waals surface area contributed by atoms with Crippen LogP contribution < -0.4 is 11.1 Å². The van der Waals surface area contributed by atoms with Crippen molar-refractivity contribution in [1.82, 2.24) is 5.32 Å². The van der Waals surface area contributed by atoms with E-state index in [4.69, 9.17) is 5.73 Å². The normalized spacial score (nSPS) is 15.2. The average Bonchev–Trinajstić information content (AvgIpc) is 3.44. The number of carbonyl (C=O) groups is 1. The van der Waals surface area contributed by atoms with Gasteiger partial charge in [0.25, 0.3) is 5.91 Å². The van der Waals surface area contributed by atoms with Gasteiger partial charge in [0, 0.05) is 28.8 Å². The fraction of sp³-hybridized carbons (Fsp3) is 0.316. The third-order valence-electron chi connectivity index (χ3n) is 4.09. The molecule has 1 aliphatic rings. The molecule has 0 heterocycles. The maximum atomic E-state index is 12.1. The van der Waals surface area contributed by atoms with Gasteiger partial charge in [-0.05, 0) is 48.6 Å². The average molecular weight is 326 g/mol. The Labute approximate surface area is 141 Å². The molecule has 0 aromatic heterocycles. The highest BCUT2D eigenvalue weighted by Gasteiger charge is 2.28. The van der Waals surface area contributed by atoms with Gasteiger partial charge in [-0.1, -0.05) is 30.3 Å². The number of rotatable bonds is 7. The Morgan fingerprint density at radius 3 is 2.48 bits per heavy atom. The van der Waals surface area contributed by atoms with Crippen LogP contribution in [0.25, 0.3) is 0 Å². The summed E-state index contributed by atoms with van der Waals surface area (Å²) in [4.78, 5) is 13.4. The Hall–Kier alpha value is -1.78. The third-order valence-corrected chi connectivity index (χ3v) is 5.17. The summed E-state index contributed by atoms with van der Waals surface area (Å²) >= 11 is 1.80. The number of nitrogens with one attached hydrogen (secondary N) is 1. The highest BCUT2D eigenvalue weighted by molar-refractivity contribution is 7.98. The molecule has 3 N–H and O–H groups in total. The van der Waals surface area contributed by atoms with Gasteiger partial charge in [0.05, 0.1) is 0 Å². The van der Waals surface area contributed by atoms with E-state index in [-0.39, 0.29) is 11.9 Å². The Kier molecular flexibility index (Phi) is 5.36. The SMILES string of the molecule is NC(CNC(=O)c1ccc(CSc2ccccc2)cc1)C1CC1. The smallest absolute Gasteiger partial charge is 0.251 e. The minimum absolute atomic E-state index is 0.0386. The van der Waals surface area contributed by atoms with E-state index in [2.05, 4.69) is 17.4 Å². The summed E-state index contributed by atoms with van der Waals surface area (Å²) in [6, 6.07) is 18.2. The fourth-order valence-electron chi connectivity index (χ4n) is 2.44. The highest BCUT2D eigenvalue weighted by atomic mass is 32.2. The molecule has 3 nitrogen and oxygen atoms in total. The van der Waals surface area contributed by atoms with Crippen LogP contribution in [0.3, 0.4) is 0 Å². The number of amides is 1. The number of benzene rings is 2. The van der Waals surface area contributed by atoms with Crippen LogP contribution in [0.5, 0.6) is 0 Å². The van der Waals surface area contributed by atoms with E-state index in [0.717, 1.165) is 5.75 Å². The number of hydrogen-bond donors (Lipinski definition) is 2. The van der Waals surface area contributed by atoms with Crippen LogP contribution in [0.4, 0.5) is 0 Å². The molecule has 1 amide bonds. The molecule has 23 heavy (non-hydrogen) atoms. The van der Waals surface area contributed by atoms with E-state index in [1.54, 1.807) is 11.8 Å². The van der Waals surface area contributed by atoms with Crippen LogP contribution >= 0.6 is 11.8 Å². The number of hydrogen-bond acceptors (Lipinski definition) is 3. The van der Waals surface area contributed by atoms with Crippen LogP contribution in [-0.2, 0) is 5.75 Å². The first kappa shape index (κ1) is 16.1. The Balaban J connectivity index is 1.48. The van der Waals surface area contributed by atoms with Crippen LogP contribution in [0.2, 0.25) is 0 Å². The molecule has 0 bridgehead atoms. The van der Waals surface area contributed by atoms with Gasteiger partial charge in [-0.2, -0.15) is 0 Å². The minimum atomic E-state index is -0.0386. The molecule has 1 unspecified atom stereocenters. The topological polar surface area (TPSA) is 55.1 Å². The summed E-state index contributed by atoms with van der Waals surface area (Å²) < 4.78 is 0. The molecule has 0 saturated heterocycles. The molecule has 1 saturated carbocycles. The van der Waals surface area contributed by atoms with Crippen molar-refractivity contribution in [3.63, 3.8) is 0 Å². The van der Waals surface area contributed by atoms with Gasteiger partial charge in [-0.15, -0.1) is 11.8 Å². The molecule has 1 aliphatic carbocycles. The Morgan fingerprint density at radius 2 is 1.83 bits per heavy atom. The summed E-state index contributed by atoms with van der Waals surface area (Å²) in [6.45, 7) is 0.565. The van der Waals surface area contributed by atoms with E-state index in [0.29, 0.717) is 18.0 Å². The summed E-state index contributed by atoms with van der Waals surface area (Å²) in [5.74, 6) is 1.47. The summed E-state index contributed by atoms with van der Waals surface area (Å²) in [5, 5.41) is 2.93. The molecular formula is C19H22N2OS. The van der Waals surface area contributed by atoms with Gasteiger partial charge in [0.2, 0.25) is 0 Å². The van der Waals surface area contributed by atoms with E-state index in [9.17, 15) is 4.79 Å². The zero-order chi connectivity index (χ0) is 16.1. The molecule has 3 rings (SSSR count). The van der Waals surface area contributed by atoms with Crippen LogP contribution in [-0.4, -0.2) is 18.5 Å². The van der Waals surface area contributed by atoms with Crippen molar-refractivity contribution in [2.75, 3.05) is 6.54 Å².